The van der Waals surface area contributed by atoms with Crippen molar-refractivity contribution >= 4 is 34.8 Å². The number of aliphatic imine (C=N–C) groups is 2. The van der Waals surface area contributed by atoms with Crippen molar-refractivity contribution in [1.29, 1.82) is 0 Å². The lowest BCUT2D eigenvalue weighted by molar-refractivity contribution is 0.117. The molecule has 12 heteroatoms. The van der Waals surface area contributed by atoms with Crippen LogP contribution in [-0.2, 0) is 20.0 Å². The number of aryl methyl sites for hydroxylation is 2. The quantitative estimate of drug-likeness (QED) is 0.432. The Bertz CT molecular complexity index is 1530. The van der Waals surface area contributed by atoms with Crippen LogP contribution in [0.15, 0.2) is 52.2 Å². The predicted octanol–water partition coefficient (Wildman–Crippen LogP) is 4.71. The summed E-state index contributed by atoms with van der Waals surface area (Å²) in [4.78, 5) is 25.3. The fraction of sp³-hybridized carbons (Fsp3) is 0.357. The van der Waals surface area contributed by atoms with Crippen molar-refractivity contribution in [3.63, 3.8) is 0 Å². The molecule has 2 aromatic carbocycles. The van der Waals surface area contributed by atoms with Gasteiger partial charge in [-0.25, -0.2) is 23.0 Å². The minimum atomic E-state index is -1.59. The number of aliphatic hydroxyl groups excluding tert-OH is 1. The molecule has 2 amide bonds. The number of halogens is 3. The first-order valence-electron chi connectivity index (χ1n) is 13.0. The number of hydrogen-bond acceptors (Lipinski definition) is 6. The van der Waals surface area contributed by atoms with Crippen molar-refractivity contribution in [2.75, 3.05) is 11.9 Å². The molecule has 3 heterocycles. The summed E-state index contributed by atoms with van der Waals surface area (Å²) < 4.78 is 43.7. The molecule has 9 nitrogen and oxygen atoms in total. The van der Waals surface area contributed by atoms with Crippen molar-refractivity contribution in [3.05, 3.63) is 70.8 Å². The Morgan fingerprint density at radius 3 is 2.60 bits per heavy atom. The largest absolute Gasteiger partial charge is 0.370 e. The Labute approximate surface area is 229 Å². The highest BCUT2D eigenvalue weighted by Gasteiger charge is 2.35. The highest BCUT2D eigenvalue weighted by Crippen LogP contribution is 2.27. The van der Waals surface area contributed by atoms with Gasteiger partial charge < -0.3 is 15.3 Å². The molecule has 0 spiro atoms. The number of urea groups is 1. The number of anilines is 1. The van der Waals surface area contributed by atoms with Gasteiger partial charge in [-0.05, 0) is 55.2 Å². The number of carbonyl (C=O) groups excluding carboxylic acids is 1. The third kappa shape index (κ3) is 5.57. The number of β-amino-alcohol motifs (C(OH)–C–C–N with tert-alkyl or cyclic N) is 1. The third-order valence-electron chi connectivity index (χ3n) is 6.84. The van der Waals surface area contributed by atoms with E-state index in [1.165, 1.54) is 9.80 Å². The zero-order chi connectivity index (χ0) is 28.6. The molecule has 2 unspecified atom stereocenters. The normalized spacial score (nSPS) is 19.6. The molecule has 0 fully saturated rings. The van der Waals surface area contributed by atoms with Crippen LogP contribution in [0.5, 0.6) is 0 Å². The van der Waals surface area contributed by atoms with Gasteiger partial charge in [0.2, 0.25) is 5.96 Å². The molecule has 3 aromatic rings. The summed E-state index contributed by atoms with van der Waals surface area (Å²) in [6, 6.07) is 4.49. The number of aliphatic hydroxyl groups is 1. The van der Waals surface area contributed by atoms with Crippen LogP contribution in [0.2, 0.25) is 0 Å². The maximum Gasteiger partial charge on any atom is 0.327 e. The van der Waals surface area contributed by atoms with Crippen LogP contribution in [0.1, 0.15) is 37.8 Å². The highest BCUT2D eigenvalue weighted by molar-refractivity contribution is 6.06. The number of fused-ring (bicyclic) bond motifs is 1. The van der Waals surface area contributed by atoms with Gasteiger partial charge in [0.15, 0.2) is 23.7 Å². The molecule has 2 N–H and O–H groups in total. The SMILES string of the molecule is CCCc1cc2nn(C)cc2cc1NC1=NC(O)CN(C2C=NC=C(C)C2)C(=O)N1Cc1cc(F)c(F)c(F)c1. The summed E-state index contributed by atoms with van der Waals surface area (Å²) in [6.07, 6.45) is 5.90. The Kier molecular flexibility index (Phi) is 7.61. The fourth-order valence-electron chi connectivity index (χ4n) is 5.00. The number of hydrogen-bond donors (Lipinski definition) is 2. The van der Waals surface area contributed by atoms with Gasteiger partial charge >= 0.3 is 6.03 Å². The van der Waals surface area contributed by atoms with Gasteiger partial charge in [0, 0.05) is 36.7 Å². The van der Waals surface area contributed by atoms with Gasteiger partial charge in [0.25, 0.3) is 0 Å². The highest BCUT2D eigenvalue weighted by atomic mass is 19.2. The summed E-state index contributed by atoms with van der Waals surface area (Å²) in [5.41, 5.74) is 3.32. The summed E-state index contributed by atoms with van der Waals surface area (Å²) in [5.74, 6) is -4.34. The van der Waals surface area contributed by atoms with Crippen molar-refractivity contribution in [2.24, 2.45) is 17.0 Å². The lowest BCUT2D eigenvalue weighted by Crippen LogP contribution is -2.51. The number of benzene rings is 2. The average molecular weight is 554 g/mol. The number of guanidine groups is 1. The zero-order valence-corrected chi connectivity index (χ0v) is 22.4. The second kappa shape index (κ2) is 11.1. The van der Waals surface area contributed by atoms with Crippen molar-refractivity contribution < 1.29 is 23.1 Å². The van der Waals surface area contributed by atoms with E-state index in [-0.39, 0.29) is 24.6 Å². The maximum atomic E-state index is 14.1. The van der Waals surface area contributed by atoms with Gasteiger partial charge in [-0.15, -0.1) is 0 Å². The molecule has 1 aromatic heterocycles. The molecule has 0 radical (unpaired) electrons. The topological polar surface area (TPSA) is 98.3 Å². The second-order valence-electron chi connectivity index (χ2n) is 10.1. The molecule has 0 bridgehead atoms. The first-order chi connectivity index (χ1) is 19.1. The maximum absolute atomic E-state index is 14.1. The average Bonchev–Trinajstić information content (AvgIpc) is 3.21. The molecule has 2 atom stereocenters. The minimum absolute atomic E-state index is 0.00857. The predicted molar refractivity (Wildman–Crippen MR) is 146 cm³/mol. The smallest absolute Gasteiger partial charge is 0.327 e. The Balaban J connectivity index is 1.56. The lowest BCUT2D eigenvalue weighted by Gasteiger charge is -2.34. The Morgan fingerprint density at radius 1 is 1.15 bits per heavy atom. The van der Waals surface area contributed by atoms with Gasteiger partial charge in [-0.3, -0.25) is 14.6 Å². The molecule has 2 aliphatic heterocycles. The standard InChI is InChI=1S/C28H30F3N7O2/c1-4-5-18-9-24-19(14-36(3)35-24)10-23(18)33-27-34-25(39)15-37(20-6-16(2)11-32-12-20)28(40)38(27)13-17-7-21(29)26(31)22(30)8-17/h7-12,14,20,25,39H,4-6,13,15H2,1-3H3,(H,33,34). The fourth-order valence-corrected chi connectivity index (χ4v) is 5.00. The van der Waals surface area contributed by atoms with Crippen LogP contribution in [0.3, 0.4) is 0 Å². The number of aromatic nitrogens is 2. The minimum Gasteiger partial charge on any atom is -0.370 e. The van der Waals surface area contributed by atoms with Crippen LogP contribution in [-0.4, -0.2) is 61.7 Å². The van der Waals surface area contributed by atoms with E-state index >= 15 is 0 Å². The van der Waals surface area contributed by atoms with Crippen LogP contribution < -0.4 is 5.32 Å². The molecular formula is C28H30F3N7O2. The number of rotatable bonds is 6. The van der Waals surface area contributed by atoms with E-state index in [1.807, 2.05) is 39.2 Å². The van der Waals surface area contributed by atoms with Gasteiger partial charge in [0.1, 0.15) is 0 Å². The van der Waals surface area contributed by atoms with Crippen molar-refractivity contribution in [3.8, 4) is 0 Å². The van der Waals surface area contributed by atoms with Crippen molar-refractivity contribution in [2.45, 2.75) is 51.9 Å². The monoisotopic (exact) mass is 553 g/mol. The molecule has 40 heavy (non-hydrogen) atoms. The summed E-state index contributed by atoms with van der Waals surface area (Å²) in [6.45, 7) is 3.46. The van der Waals surface area contributed by atoms with Gasteiger partial charge in [0.05, 0.1) is 24.6 Å². The lowest BCUT2D eigenvalue weighted by atomic mass is 10.1. The summed E-state index contributed by atoms with van der Waals surface area (Å²) in [5, 5.41) is 19.4. The van der Waals surface area contributed by atoms with Gasteiger partial charge in [-0.1, -0.05) is 18.9 Å². The number of amides is 2. The first kappa shape index (κ1) is 27.4. The molecule has 0 saturated heterocycles. The van der Waals surface area contributed by atoms with Gasteiger partial charge in [-0.2, -0.15) is 5.10 Å². The van der Waals surface area contributed by atoms with E-state index in [4.69, 9.17) is 0 Å². The van der Waals surface area contributed by atoms with Crippen molar-refractivity contribution in [1.82, 2.24) is 19.6 Å². The number of nitrogens with zero attached hydrogens (tertiary/aromatic N) is 6. The second-order valence-corrected chi connectivity index (χ2v) is 10.1. The molecule has 2 aliphatic rings. The Hall–Kier alpha value is -4.19. The van der Waals surface area contributed by atoms with Crippen LogP contribution >= 0.6 is 0 Å². The Morgan fingerprint density at radius 2 is 1.90 bits per heavy atom. The van der Waals surface area contributed by atoms with Crippen LogP contribution in [0.4, 0.5) is 23.7 Å². The zero-order valence-electron chi connectivity index (χ0n) is 22.4. The summed E-state index contributed by atoms with van der Waals surface area (Å²) >= 11 is 0. The number of nitrogens with one attached hydrogen (secondary N) is 1. The van der Waals surface area contributed by atoms with E-state index in [0.29, 0.717) is 18.5 Å². The molecular weight excluding hydrogens is 523 g/mol. The number of carbonyl (C=O) groups is 1. The van der Waals surface area contributed by atoms with Crippen LogP contribution in [0, 0.1) is 17.5 Å². The van der Waals surface area contributed by atoms with E-state index in [1.54, 1.807) is 17.1 Å². The first-order valence-corrected chi connectivity index (χ1v) is 13.0. The molecule has 5 rings (SSSR count). The van der Waals surface area contributed by atoms with E-state index in [0.717, 1.165) is 40.6 Å². The molecule has 0 saturated carbocycles. The molecule has 0 aliphatic carbocycles. The third-order valence-corrected chi connectivity index (χ3v) is 6.84. The van der Waals surface area contributed by atoms with E-state index < -0.39 is 35.8 Å². The van der Waals surface area contributed by atoms with E-state index in [2.05, 4.69) is 20.4 Å². The molecule has 210 valence electrons. The van der Waals surface area contributed by atoms with Crippen LogP contribution in [0.25, 0.3) is 10.9 Å². The van der Waals surface area contributed by atoms with E-state index in [9.17, 15) is 23.1 Å². The summed E-state index contributed by atoms with van der Waals surface area (Å²) in [7, 11) is 1.82.